The third-order valence-electron chi connectivity index (χ3n) is 3.76. The molecule has 0 aliphatic heterocycles. The van der Waals surface area contributed by atoms with Gasteiger partial charge in [0.25, 0.3) is 0 Å². The van der Waals surface area contributed by atoms with Crippen LogP contribution in [0.15, 0.2) is 5.16 Å². The van der Waals surface area contributed by atoms with Gasteiger partial charge in [0.1, 0.15) is 0 Å². The number of anilines is 2. The quantitative estimate of drug-likeness (QED) is 0.792. The van der Waals surface area contributed by atoms with E-state index in [9.17, 15) is 0 Å². The monoisotopic (exact) mass is 309 g/mol. The minimum absolute atomic E-state index is 0.677. The van der Waals surface area contributed by atoms with Crippen LogP contribution >= 0.6 is 11.8 Å². The van der Waals surface area contributed by atoms with Gasteiger partial charge in [0.2, 0.25) is 11.9 Å². The highest BCUT2D eigenvalue weighted by Gasteiger charge is 2.19. The Morgan fingerprint density at radius 3 is 2.43 bits per heavy atom. The van der Waals surface area contributed by atoms with Crippen LogP contribution in [0.1, 0.15) is 52.9 Å². The van der Waals surface area contributed by atoms with Crippen LogP contribution in [-0.4, -0.2) is 39.8 Å². The lowest BCUT2D eigenvalue weighted by Gasteiger charge is -2.20. The largest absolute Gasteiger partial charge is 0.354 e. The maximum absolute atomic E-state index is 4.67. The van der Waals surface area contributed by atoms with Crippen LogP contribution in [0, 0.1) is 0 Å². The van der Waals surface area contributed by atoms with Crippen LogP contribution in [0.5, 0.6) is 0 Å². The number of hydrogen-bond donors (Lipinski definition) is 1. The number of nitrogens with one attached hydrogen (secondary N) is 1. The molecule has 118 valence electrons. The van der Waals surface area contributed by atoms with Gasteiger partial charge >= 0.3 is 0 Å². The molecule has 1 heterocycles. The van der Waals surface area contributed by atoms with Gasteiger partial charge in [0.05, 0.1) is 0 Å². The molecule has 0 radical (unpaired) electrons. The van der Waals surface area contributed by atoms with E-state index in [1.54, 1.807) is 0 Å². The Kier molecular flexibility index (Phi) is 6.54. The van der Waals surface area contributed by atoms with Gasteiger partial charge in [-0.05, 0) is 33.1 Å². The molecule has 1 saturated carbocycles. The second-order valence-corrected chi connectivity index (χ2v) is 6.63. The number of thioether (sulfide) groups is 1. The topological polar surface area (TPSA) is 53.9 Å². The minimum Gasteiger partial charge on any atom is -0.354 e. The standard InChI is InChI=1S/C15H27N5S/c1-4-11-16-13-17-14(20(5-2)6-3)19-15(18-13)21-12-9-7-8-10-12/h12H,4-11H2,1-3H3,(H,16,17,18,19). The van der Waals surface area contributed by atoms with E-state index in [4.69, 9.17) is 0 Å². The van der Waals surface area contributed by atoms with Crippen molar-refractivity contribution >= 4 is 23.7 Å². The lowest BCUT2D eigenvalue weighted by Crippen LogP contribution is -2.25. The van der Waals surface area contributed by atoms with Crippen molar-refractivity contribution in [3.63, 3.8) is 0 Å². The van der Waals surface area contributed by atoms with Gasteiger partial charge in [0.15, 0.2) is 5.16 Å². The average Bonchev–Trinajstić information content (AvgIpc) is 2.99. The van der Waals surface area contributed by atoms with E-state index >= 15 is 0 Å². The molecule has 1 N–H and O–H groups in total. The van der Waals surface area contributed by atoms with Crippen molar-refractivity contribution in [2.45, 2.75) is 63.3 Å². The Morgan fingerprint density at radius 1 is 1.10 bits per heavy atom. The molecule has 0 amide bonds. The molecule has 0 aromatic carbocycles. The van der Waals surface area contributed by atoms with Gasteiger partial charge < -0.3 is 10.2 Å². The van der Waals surface area contributed by atoms with Crippen molar-refractivity contribution in [3.8, 4) is 0 Å². The van der Waals surface area contributed by atoms with Crippen LogP contribution in [0.4, 0.5) is 11.9 Å². The second kappa shape index (κ2) is 8.41. The first kappa shape index (κ1) is 16.3. The summed E-state index contributed by atoms with van der Waals surface area (Å²) in [5.74, 6) is 1.52. The van der Waals surface area contributed by atoms with E-state index in [2.05, 4.69) is 45.9 Å². The predicted molar refractivity (Wildman–Crippen MR) is 90.3 cm³/mol. The highest BCUT2D eigenvalue weighted by atomic mass is 32.2. The summed E-state index contributed by atoms with van der Waals surface area (Å²) in [5.41, 5.74) is 0. The maximum atomic E-state index is 4.67. The Labute approximate surface area is 132 Å². The van der Waals surface area contributed by atoms with Crippen LogP contribution < -0.4 is 10.2 Å². The minimum atomic E-state index is 0.677. The maximum Gasteiger partial charge on any atom is 0.231 e. The summed E-state index contributed by atoms with van der Waals surface area (Å²) in [6, 6.07) is 0. The number of nitrogens with zero attached hydrogens (tertiary/aromatic N) is 4. The van der Waals surface area contributed by atoms with Crippen LogP contribution in [0.3, 0.4) is 0 Å². The number of hydrogen-bond acceptors (Lipinski definition) is 6. The molecule has 0 spiro atoms. The first-order valence-electron chi connectivity index (χ1n) is 8.18. The number of aromatic nitrogens is 3. The van der Waals surface area contributed by atoms with Crippen molar-refractivity contribution in [1.82, 2.24) is 15.0 Å². The smallest absolute Gasteiger partial charge is 0.231 e. The molecule has 0 unspecified atom stereocenters. The van der Waals surface area contributed by atoms with E-state index in [1.807, 2.05) is 11.8 Å². The molecule has 6 heteroatoms. The lowest BCUT2D eigenvalue weighted by atomic mass is 10.4. The van der Waals surface area contributed by atoms with Gasteiger partial charge in [-0.2, -0.15) is 15.0 Å². The van der Waals surface area contributed by atoms with Crippen molar-refractivity contribution in [3.05, 3.63) is 0 Å². The molecule has 1 aromatic rings. The third-order valence-corrected chi connectivity index (χ3v) is 4.95. The molecule has 1 fully saturated rings. The van der Waals surface area contributed by atoms with Gasteiger partial charge in [-0.25, -0.2) is 0 Å². The van der Waals surface area contributed by atoms with Crippen molar-refractivity contribution < 1.29 is 0 Å². The normalized spacial score (nSPS) is 15.4. The Hall–Kier alpha value is -1.04. The highest BCUT2D eigenvalue weighted by molar-refractivity contribution is 7.99. The summed E-state index contributed by atoms with van der Waals surface area (Å²) >= 11 is 1.82. The van der Waals surface area contributed by atoms with Gasteiger partial charge in [-0.1, -0.05) is 31.5 Å². The Balaban J connectivity index is 2.18. The zero-order valence-corrected chi connectivity index (χ0v) is 14.2. The van der Waals surface area contributed by atoms with Crippen LogP contribution in [-0.2, 0) is 0 Å². The molecule has 2 rings (SSSR count). The SMILES string of the molecule is CCCNc1nc(SC2CCCC2)nc(N(CC)CC)n1. The molecule has 0 saturated heterocycles. The third kappa shape index (κ3) is 4.73. The van der Waals surface area contributed by atoms with E-state index in [1.165, 1.54) is 25.7 Å². The molecule has 5 nitrogen and oxygen atoms in total. The van der Waals surface area contributed by atoms with Gasteiger partial charge in [-0.15, -0.1) is 0 Å². The van der Waals surface area contributed by atoms with Gasteiger partial charge in [-0.3, -0.25) is 0 Å². The summed E-state index contributed by atoms with van der Waals surface area (Å²) < 4.78 is 0. The zero-order valence-electron chi connectivity index (χ0n) is 13.4. The second-order valence-electron chi connectivity index (χ2n) is 5.36. The molecule has 0 atom stereocenters. The van der Waals surface area contributed by atoms with Crippen molar-refractivity contribution in [2.24, 2.45) is 0 Å². The fraction of sp³-hybridized carbons (Fsp3) is 0.800. The highest BCUT2D eigenvalue weighted by Crippen LogP contribution is 2.33. The van der Waals surface area contributed by atoms with Crippen molar-refractivity contribution in [1.29, 1.82) is 0 Å². The lowest BCUT2D eigenvalue weighted by molar-refractivity contribution is 0.777. The van der Waals surface area contributed by atoms with E-state index in [0.29, 0.717) is 11.2 Å². The van der Waals surface area contributed by atoms with Crippen LogP contribution in [0.25, 0.3) is 0 Å². The van der Waals surface area contributed by atoms with Crippen LogP contribution in [0.2, 0.25) is 0 Å². The molecular formula is C15H27N5S. The zero-order chi connectivity index (χ0) is 15.1. The molecule has 0 bridgehead atoms. The van der Waals surface area contributed by atoms with E-state index in [0.717, 1.165) is 37.2 Å². The fourth-order valence-corrected chi connectivity index (χ4v) is 3.66. The van der Waals surface area contributed by atoms with Gasteiger partial charge in [0, 0.05) is 24.9 Å². The Bertz CT molecular complexity index is 430. The first-order valence-corrected chi connectivity index (χ1v) is 9.06. The Morgan fingerprint density at radius 2 is 1.81 bits per heavy atom. The summed E-state index contributed by atoms with van der Waals surface area (Å²) in [7, 11) is 0. The molecule has 1 aromatic heterocycles. The van der Waals surface area contributed by atoms with E-state index < -0.39 is 0 Å². The van der Waals surface area contributed by atoms with Crippen molar-refractivity contribution in [2.75, 3.05) is 29.9 Å². The average molecular weight is 309 g/mol. The predicted octanol–water partition coefficient (Wildman–Crippen LogP) is 3.57. The summed E-state index contributed by atoms with van der Waals surface area (Å²) in [6.45, 7) is 9.15. The molecule has 1 aliphatic carbocycles. The molecule has 21 heavy (non-hydrogen) atoms. The van der Waals surface area contributed by atoms with E-state index in [-0.39, 0.29) is 0 Å². The summed E-state index contributed by atoms with van der Waals surface area (Å²) in [4.78, 5) is 16.0. The molecule has 1 aliphatic rings. The molecular weight excluding hydrogens is 282 g/mol. The number of rotatable bonds is 8. The summed E-state index contributed by atoms with van der Waals surface area (Å²) in [5, 5.41) is 4.85. The first-order chi connectivity index (χ1) is 10.3. The summed E-state index contributed by atoms with van der Waals surface area (Å²) in [6.07, 6.45) is 6.32. The fourth-order valence-electron chi connectivity index (χ4n) is 2.52.